The third-order valence-electron chi connectivity index (χ3n) is 2.90. The highest BCUT2D eigenvalue weighted by molar-refractivity contribution is 9.10. The smallest absolute Gasteiger partial charge is 0.256 e. The predicted molar refractivity (Wildman–Crippen MR) is 84.6 cm³/mol. The number of aryl methyl sites for hydroxylation is 1. The second-order valence-electron chi connectivity index (χ2n) is 4.46. The summed E-state index contributed by atoms with van der Waals surface area (Å²) in [5.41, 5.74) is 1.60. The van der Waals surface area contributed by atoms with Crippen molar-refractivity contribution in [2.75, 3.05) is 5.32 Å². The van der Waals surface area contributed by atoms with Gasteiger partial charge >= 0.3 is 0 Å². The van der Waals surface area contributed by atoms with Crippen LogP contribution in [0.5, 0.6) is 0 Å². The first-order valence-corrected chi connectivity index (χ1v) is 8.32. The van der Waals surface area contributed by atoms with E-state index in [2.05, 4.69) is 21.2 Å². The normalized spacial score (nSPS) is 11.2. The Bertz CT molecular complexity index is 804. The molecule has 0 saturated carbocycles. The van der Waals surface area contributed by atoms with E-state index in [0.717, 1.165) is 5.56 Å². The van der Waals surface area contributed by atoms with Gasteiger partial charge in [0.25, 0.3) is 5.91 Å². The number of halogens is 1. The molecule has 0 heterocycles. The Kier molecular flexibility index (Phi) is 4.46. The molecule has 0 bridgehead atoms. The number of primary sulfonamides is 1. The number of carbonyl (C=O) groups excluding carboxylic acids is 1. The second kappa shape index (κ2) is 5.97. The lowest BCUT2D eigenvalue weighted by Gasteiger charge is -2.11. The van der Waals surface area contributed by atoms with Gasteiger partial charge in [-0.2, -0.15) is 0 Å². The number of rotatable bonds is 3. The Morgan fingerprint density at radius 2 is 1.86 bits per heavy atom. The van der Waals surface area contributed by atoms with Gasteiger partial charge in [0.1, 0.15) is 0 Å². The Morgan fingerprint density at radius 3 is 2.48 bits per heavy atom. The maximum atomic E-state index is 12.2. The summed E-state index contributed by atoms with van der Waals surface area (Å²) in [7, 11) is -3.81. The van der Waals surface area contributed by atoms with Crippen LogP contribution in [0.2, 0.25) is 0 Å². The largest absolute Gasteiger partial charge is 0.322 e. The highest BCUT2D eigenvalue weighted by Crippen LogP contribution is 2.22. The molecule has 0 aromatic heterocycles. The quantitative estimate of drug-likeness (QED) is 0.872. The Balaban J connectivity index is 2.36. The van der Waals surface area contributed by atoms with E-state index in [1.165, 1.54) is 12.1 Å². The highest BCUT2D eigenvalue weighted by atomic mass is 79.9. The molecule has 0 aliphatic heterocycles. The average molecular weight is 369 g/mol. The fourth-order valence-electron chi connectivity index (χ4n) is 1.75. The van der Waals surface area contributed by atoms with Crippen LogP contribution >= 0.6 is 15.9 Å². The first kappa shape index (κ1) is 15.7. The van der Waals surface area contributed by atoms with Gasteiger partial charge in [-0.1, -0.05) is 18.2 Å². The van der Waals surface area contributed by atoms with Gasteiger partial charge in [0, 0.05) is 10.2 Å². The lowest BCUT2D eigenvalue weighted by molar-refractivity contribution is 0.102. The third kappa shape index (κ3) is 3.69. The van der Waals surface area contributed by atoms with E-state index in [1.807, 2.05) is 0 Å². The highest BCUT2D eigenvalue weighted by Gasteiger charge is 2.14. The molecule has 21 heavy (non-hydrogen) atoms. The second-order valence-corrected chi connectivity index (χ2v) is 6.87. The van der Waals surface area contributed by atoms with E-state index >= 15 is 0 Å². The molecule has 0 spiro atoms. The molecule has 1 amide bonds. The Hall–Kier alpha value is -1.70. The van der Waals surface area contributed by atoms with Crippen molar-refractivity contribution in [1.82, 2.24) is 0 Å². The molecule has 2 aromatic rings. The number of sulfonamides is 1. The van der Waals surface area contributed by atoms with Crippen LogP contribution in [0.3, 0.4) is 0 Å². The molecule has 2 aromatic carbocycles. The fraction of sp³-hybridized carbons (Fsp3) is 0.0714. The minimum atomic E-state index is -3.81. The fourth-order valence-corrected chi connectivity index (χ4v) is 2.75. The van der Waals surface area contributed by atoms with Crippen LogP contribution in [0.15, 0.2) is 51.8 Å². The van der Waals surface area contributed by atoms with Crippen molar-refractivity contribution in [1.29, 1.82) is 0 Å². The lowest BCUT2D eigenvalue weighted by atomic mass is 10.1. The predicted octanol–water partition coefficient (Wildman–Crippen LogP) is 2.66. The standard InChI is InChI=1S/C14H13BrN2O3S/c1-9-6-7-10(21(16,19)20)8-13(9)17-14(18)11-4-2-3-5-12(11)15/h2-8H,1H3,(H,17,18)(H2,16,19,20). The molecule has 0 aliphatic carbocycles. The number of nitrogens with one attached hydrogen (secondary N) is 1. The van der Waals surface area contributed by atoms with Crippen molar-refractivity contribution < 1.29 is 13.2 Å². The van der Waals surface area contributed by atoms with E-state index in [9.17, 15) is 13.2 Å². The maximum Gasteiger partial charge on any atom is 0.256 e. The molecule has 0 unspecified atom stereocenters. The molecule has 0 aliphatic rings. The summed E-state index contributed by atoms with van der Waals surface area (Å²) in [4.78, 5) is 12.2. The summed E-state index contributed by atoms with van der Waals surface area (Å²) in [5, 5.41) is 7.78. The van der Waals surface area contributed by atoms with Gasteiger partial charge in [-0.3, -0.25) is 4.79 Å². The van der Waals surface area contributed by atoms with E-state index in [-0.39, 0.29) is 10.8 Å². The van der Waals surface area contributed by atoms with Gasteiger partial charge in [0.05, 0.1) is 10.5 Å². The van der Waals surface area contributed by atoms with Crippen molar-refractivity contribution in [2.24, 2.45) is 5.14 Å². The number of nitrogens with two attached hydrogens (primary N) is 1. The van der Waals surface area contributed by atoms with Gasteiger partial charge in [-0.15, -0.1) is 0 Å². The van der Waals surface area contributed by atoms with Gasteiger partial charge in [0.15, 0.2) is 0 Å². The molecule has 5 nitrogen and oxygen atoms in total. The summed E-state index contributed by atoms with van der Waals surface area (Å²) >= 11 is 3.30. The summed E-state index contributed by atoms with van der Waals surface area (Å²) in [6.07, 6.45) is 0. The number of benzene rings is 2. The van der Waals surface area contributed by atoms with Gasteiger partial charge in [0.2, 0.25) is 10.0 Å². The van der Waals surface area contributed by atoms with Gasteiger partial charge in [-0.05, 0) is 52.7 Å². The molecule has 0 radical (unpaired) electrons. The number of anilines is 1. The molecule has 0 fully saturated rings. The number of hydrogen-bond donors (Lipinski definition) is 2. The van der Waals surface area contributed by atoms with Gasteiger partial charge in [-0.25, -0.2) is 13.6 Å². The van der Waals surface area contributed by atoms with Crippen LogP contribution in [0.1, 0.15) is 15.9 Å². The van der Waals surface area contributed by atoms with Crippen LogP contribution in [-0.2, 0) is 10.0 Å². The van der Waals surface area contributed by atoms with Crippen LogP contribution in [0.25, 0.3) is 0 Å². The summed E-state index contributed by atoms with van der Waals surface area (Å²) in [5.74, 6) is -0.336. The van der Waals surface area contributed by atoms with Crippen molar-refractivity contribution in [3.8, 4) is 0 Å². The molecule has 3 N–H and O–H groups in total. The number of carbonyl (C=O) groups is 1. The van der Waals surface area contributed by atoms with Crippen molar-refractivity contribution in [3.63, 3.8) is 0 Å². The SMILES string of the molecule is Cc1ccc(S(N)(=O)=O)cc1NC(=O)c1ccccc1Br. The first-order valence-electron chi connectivity index (χ1n) is 5.98. The van der Waals surface area contributed by atoms with E-state index in [4.69, 9.17) is 5.14 Å². The topological polar surface area (TPSA) is 89.3 Å². The van der Waals surface area contributed by atoms with Crippen molar-refractivity contribution in [2.45, 2.75) is 11.8 Å². The van der Waals surface area contributed by atoms with Crippen LogP contribution in [-0.4, -0.2) is 14.3 Å². The third-order valence-corrected chi connectivity index (χ3v) is 4.51. The Morgan fingerprint density at radius 1 is 1.19 bits per heavy atom. The van der Waals surface area contributed by atoms with Gasteiger partial charge < -0.3 is 5.32 Å². The lowest BCUT2D eigenvalue weighted by Crippen LogP contribution is -2.16. The molecule has 2 rings (SSSR count). The van der Waals surface area contributed by atoms with E-state index in [0.29, 0.717) is 15.7 Å². The number of hydrogen-bond acceptors (Lipinski definition) is 3. The number of amides is 1. The maximum absolute atomic E-state index is 12.2. The zero-order valence-corrected chi connectivity index (χ0v) is 13.5. The molecular formula is C14H13BrN2O3S. The first-order chi connectivity index (χ1) is 9.79. The molecule has 0 atom stereocenters. The molecule has 110 valence electrons. The zero-order chi connectivity index (χ0) is 15.6. The zero-order valence-electron chi connectivity index (χ0n) is 11.1. The molecule has 0 saturated heterocycles. The minimum Gasteiger partial charge on any atom is -0.322 e. The van der Waals surface area contributed by atoms with Crippen molar-refractivity contribution in [3.05, 3.63) is 58.1 Å². The summed E-state index contributed by atoms with van der Waals surface area (Å²) in [6, 6.07) is 11.3. The van der Waals surface area contributed by atoms with Crippen LogP contribution < -0.4 is 10.5 Å². The van der Waals surface area contributed by atoms with E-state index < -0.39 is 10.0 Å². The average Bonchev–Trinajstić information content (AvgIpc) is 2.40. The monoisotopic (exact) mass is 368 g/mol. The summed E-state index contributed by atoms with van der Waals surface area (Å²) in [6.45, 7) is 1.77. The minimum absolute atomic E-state index is 0.0458. The van der Waals surface area contributed by atoms with E-state index in [1.54, 1.807) is 37.3 Å². The molecular weight excluding hydrogens is 356 g/mol. The summed E-state index contributed by atoms with van der Waals surface area (Å²) < 4.78 is 23.4. The van der Waals surface area contributed by atoms with Crippen LogP contribution in [0, 0.1) is 6.92 Å². The Labute approximate surface area is 131 Å². The van der Waals surface area contributed by atoms with Crippen molar-refractivity contribution >= 4 is 37.5 Å². The molecule has 7 heteroatoms. The van der Waals surface area contributed by atoms with Crippen LogP contribution in [0.4, 0.5) is 5.69 Å².